The van der Waals surface area contributed by atoms with Crippen LogP contribution >= 0.6 is 0 Å². The Morgan fingerprint density at radius 1 is 0.900 bits per heavy atom. The molecule has 2 aromatic rings. The van der Waals surface area contributed by atoms with Gasteiger partial charge >= 0.3 is 6.09 Å². The van der Waals surface area contributed by atoms with Crippen LogP contribution in [0.3, 0.4) is 0 Å². The Morgan fingerprint density at radius 2 is 1.50 bits per heavy atom. The number of carbonyl (C=O) groups excluding carboxylic acids is 1. The number of ether oxygens (including phenoxy) is 1. The first kappa shape index (κ1) is 13.9. The first-order chi connectivity index (χ1) is 9.84. The van der Waals surface area contributed by atoms with E-state index < -0.39 is 6.09 Å². The Morgan fingerprint density at radius 3 is 2.15 bits per heavy atom. The van der Waals surface area contributed by atoms with Crippen molar-refractivity contribution in [3.8, 4) is 0 Å². The van der Waals surface area contributed by atoms with Crippen LogP contribution in [0, 0.1) is 0 Å². The number of nitrogens with zero attached hydrogens (tertiary/aromatic N) is 2. The highest BCUT2D eigenvalue weighted by atomic mass is 16.5. The van der Waals surface area contributed by atoms with Gasteiger partial charge in [-0.2, -0.15) is 5.11 Å². The minimum Gasteiger partial charge on any atom is -0.442 e. The average molecular weight is 268 g/mol. The van der Waals surface area contributed by atoms with Gasteiger partial charge in [0.05, 0.1) is 6.54 Å². The minimum atomic E-state index is -0.651. The van der Waals surface area contributed by atoms with Crippen molar-refractivity contribution >= 4 is 6.09 Å². The largest absolute Gasteiger partial charge is 0.452 e. The van der Waals surface area contributed by atoms with Crippen LogP contribution in [0.4, 0.5) is 4.79 Å². The maximum atomic E-state index is 11.3. The summed E-state index contributed by atoms with van der Waals surface area (Å²) in [6.45, 7) is 0.696. The molecule has 0 atom stereocenters. The van der Waals surface area contributed by atoms with Gasteiger partial charge in [0.15, 0.2) is 0 Å². The third-order valence-corrected chi connectivity index (χ3v) is 2.70. The molecule has 0 aliphatic carbocycles. The molecular formula is C16H16N2O2. The average Bonchev–Trinajstić information content (AvgIpc) is 2.52. The van der Waals surface area contributed by atoms with E-state index in [1.54, 1.807) is 0 Å². The summed E-state index contributed by atoms with van der Waals surface area (Å²) in [6.07, 6.45) is 0.109. The Bertz CT molecular complexity index is 553. The minimum absolute atomic E-state index is 0.220. The molecule has 0 bridgehead atoms. The molecule has 0 heterocycles. The molecule has 1 amide bonds. The molecule has 0 spiro atoms. The second-order valence-corrected chi connectivity index (χ2v) is 4.24. The van der Waals surface area contributed by atoms with Crippen molar-refractivity contribution in [3.05, 3.63) is 71.8 Å². The van der Waals surface area contributed by atoms with E-state index in [0.717, 1.165) is 12.0 Å². The third-order valence-electron chi connectivity index (χ3n) is 2.70. The first-order valence-corrected chi connectivity index (χ1v) is 6.47. The highest BCUT2D eigenvalue weighted by molar-refractivity contribution is 5.67. The number of carbonyl (C=O) groups is 1. The number of hydrogen-bond acceptors (Lipinski definition) is 3. The van der Waals surface area contributed by atoms with Gasteiger partial charge in [-0.05, 0) is 17.5 Å². The van der Waals surface area contributed by atoms with Crippen molar-refractivity contribution in [2.24, 2.45) is 10.2 Å². The topological polar surface area (TPSA) is 51.0 Å². The molecule has 20 heavy (non-hydrogen) atoms. The SMILES string of the molecule is O=C(N=NCCc1ccccc1)OCc1ccccc1. The molecule has 2 aromatic carbocycles. The molecule has 0 N–H and O–H groups in total. The first-order valence-electron chi connectivity index (χ1n) is 6.47. The Labute approximate surface area is 118 Å². The van der Waals surface area contributed by atoms with Crippen molar-refractivity contribution in [1.82, 2.24) is 0 Å². The zero-order valence-corrected chi connectivity index (χ0v) is 11.1. The second-order valence-electron chi connectivity index (χ2n) is 4.24. The van der Waals surface area contributed by atoms with E-state index in [1.807, 2.05) is 60.7 Å². The third kappa shape index (κ3) is 5.02. The monoisotopic (exact) mass is 268 g/mol. The van der Waals surface area contributed by atoms with E-state index in [1.165, 1.54) is 5.56 Å². The summed E-state index contributed by atoms with van der Waals surface area (Å²) in [6, 6.07) is 19.4. The Hall–Kier alpha value is -2.49. The van der Waals surface area contributed by atoms with E-state index >= 15 is 0 Å². The zero-order chi connectivity index (χ0) is 14.0. The molecule has 0 radical (unpaired) electrons. The predicted molar refractivity (Wildman–Crippen MR) is 76.5 cm³/mol. The van der Waals surface area contributed by atoms with Crippen LogP contribution < -0.4 is 0 Å². The van der Waals surface area contributed by atoms with Crippen LogP contribution in [0.5, 0.6) is 0 Å². The summed E-state index contributed by atoms with van der Waals surface area (Å²) in [5, 5.41) is 7.35. The molecule has 102 valence electrons. The number of hydrogen-bond donors (Lipinski definition) is 0. The normalized spacial score (nSPS) is 10.6. The fraction of sp³-hybridized carbons (Fsp3) is 0.188. The van der Waals surface area contributed by atoms with Crippen LogP contribution in [0.1, 0.15) is 11.1 Å². The zero-order valence-electron chi connectivity index (χ0n) is 11.1. The van der Waals surface area contributed by atoms with Gasteiger partial charge in [-0.25, -0.2) is 4.79 Å². The molecule has 0 aliphatic heterocycles. The predicted octanol–water partition coefficient (Wildman–Crippen LogP) is 4.02. The molecule has 4 nitrogen and oxygen atoms in total. The van der Waals surface area contributed by atoms with Crippen LogP contribution in [-0.2, 0) is 17.8 Å². The number of amides is 1. The van der Waals surface area contributed by atoms with Gasteiger partial charge in [-0.15, -0.1) is 0 Å². The molecule has 0 fully saturated rings. The van der Waals surface area contributed by atoms with Crippen LogP contribution in [0.15, 0.2) is 70.9 Å². The van der Waals surface area contributed by atoms with E-state index in [2.05, 4.69) is 10.2 Å². The van der Waals surface area contributed by atoms with Gasteiger partial charge < -0.3 is 4.74 Å². The van der Waals surface area contributed by atoms with Gasteiger partial charge in [-0.1, -0.05) is 65.8 Å². The Kier molecular flexibility index (Phi) is 5.46. The fourth-order valence-corrected chi connectivity index (χ4v) is 1.68. The summed E-state index contributed by atoms with van der Waals surface area (Å²) in [4.78, 5) is 11.3. The lowest BCUT2D eigenvalue weighted by Gasteiger charge is -2.00. The molecule has 0 unspecified atom stereocenters. The van der Waals surface area contributed by atoms with Crippen molar-refractivity contribution in [2.45, 2.75) is 13.0 Å². The summed E-state index contributed by atoms with van der Waals surface area (Å²) in [7, 11) is 0. The maximum absolute atomic E-state index is 11.3. The van der Waals surface area contributed by atoms with Gasteiger partial charge in [0, 0.05) is 0 Å². The second kappa shape index (κ2) is 7.84. The van der Waals surface area contributed by atoms with Crippen molar-refractivity contribution in [2.75, 3.05) is 6.54 Å². The van der Waals surface area contributed by atoms with Gasteiger partial charge in [-0.3, -0.25) is 0 Å². The molecule has 0 saturated heterocycles. The molecule has 0 aliphatic rings. The highest BCUT2D eigenvalue weighted by Gasteiger charge is 2.00. The van der Waals surface area contributed by atoms with Crippen molar-refractivity contribution in [1.29, 1.82) is 0 Å². The summed E-state index contributed by atoms with van der Waals surface area (Å²) in [5.41, 5.74) is 2.10. The molecule has 0 aromatic heterocycles. The van der Waals surface area contributed by atoms with Crippen molar-refractivity contribution < 1.29 is 9.53 Å². The summed E-state index contributed by atoms with van der Waals surface area (Å²) in [5.74, 6) is 0. The standard InChI is InChI=1S/C16H16N2O2/c19-16(20-13-15-9-5-2-6-10-15)18-17-12-11-14-7-3-1-4-8-14/h1-10H,11-13H2. The van der Waals surface area contributed by atoms with Crippen LogP contribution in [0.2, 0.25) is 0 Å². The van der Waals surface area contributed by atoms with Gasteiger partial charge in [0.25, 0.3) is 0 Å². The lowest BCUT2D eigenvalue weighted by atomic mass is 10.2. The molecule has 4 heteroatoms. The lowest BCUT2D eigenvalue weighted by molar-refractivity contribution is 0.148. The summed E-state index contributed by atoms with van der Waals surface area (Å²) >= 11 is 0. The quantitative estimate of drug-likeness (QED) is 0.769. The van der Waals surface area contributed by atoms with Crippen LogP contribution in [0.25, 0.3) is 0 Å². The van der Waals surface area contributed by atoms with Gasteiger partial charge in [0.2, 0.25) is 0 Å². The van der Waals surface area contributed by atoms with E-state index in [0.29, 0.717) is 6.54 Å². The fourth-order valence-electron chi connectivity index (χ4n) is 1.68. The highest BCUT2D eigenvalue weighted by Crippen LogP contribution is 2.02. The maximum Gasteiger partial charge on any atom is 0.452 e. The number of benzene rings is 2. The number of rotatable bonds is 5. The van der Waals surface area contributed by atoms with Crippen LogP contribution in [-0.4, -0.2) is 12.6 Å². The Balaban J connectivity index is 1.68. The summed E-state index contributed by atoms with van der Waals surface area (Å²) < 4.78 is 4.98. The molecule has 2 rings (SSSR count). The van der Waals surface area contributed by atoms with E-state index in [9.17, 15) is 4.79 Å². The van der Waals surface area contributed by atoms with Crippen molar-refractivity contribution in [3.63, 3.8) is 0 Å². The number of azo groups is 1. The smallest absolute Gasteiger partial charge is 0.442 e. The molecular weight excluding hydrogens is 252 g/mol. The lowest BCUT2D eigenvalue weighted by Crippen LogP contribution is -1.99. The van der Waals surface area contributed by atoms with E-state index in [4.69, 9.17) is 4.74 Å². The van der Waals surface area contributed by atoms with Gasteiger partial charge in [0.1, 0.15) is 6.61 Å². The molecule has 0 saturated carbocycles. The van der Waals surface area contributed by atoms with E-state index in [-0.39, 0.29) is 6.61 Å².